The molecule has 2 saturated heterocycles. The van der Waals surface area contributed by atoms with Crippen molar-refractivity contribution in [3.05, 3.63) is 0 Å². The van der Waals surface area contributed by atoms with Crippen molar-refractivity contribution in [2.45, 2.75) is 12.5 Å². The first-order valence-electron chi connectivity index (χ1n) is 5.47. The van der Waals surface area contributed by atoms with E-state index in [0.717, 1.165) is 32.6 Å². The molecule has 5 nitrogen and oxygen atoms in total. The van der Waals surface area contributed by atoms with E-state index in [1.165, 1.54) is 6.26 Å². The Morgan fingerprint density at radius 1 is 1.20 bits per heavy atom. The summed E-state index contributed by atoms with van der Waals surface area (Å²) >= 11 is 0. The Labute approximate surface area is 91.5 Å². The number of nitrogens with one attached hydrogen (secondary N) is 1. The maximum Gasteiger partial charge on any atom is 0.211 e. The molecule has 2 aliphatic rings. The molecule has 0 saturated carbocycles. The highest BCUT2D eigenvalue weighted by Crippen LogP contribution is 2.18. The largest absolute Gasteiger partial charge is 0.315 e. The van der Waals surface area contributed by atoms with Crippen molar-refractivity contribution in [3.63, 3.8) is 0 Å². The first-order valence-corrected chi connectivity index (χ1v) is 7.32. The summed E-state index contributed by atoms with van der Waals surface area (Å²) in [6, 6.07) is 0.444. The molecule has 0 aromatic rings. The number of nitrogens with zero attached hydrogens (tertiary/aromatic N) is 2. The summed E-state index contributed by atoms with van der Waals surface area (Å²) in [4.78, 5) is 2.40. The highest BCUT2D eigenvalue weighted by Gasteiger charge is 2.36. The van der Waals surface area contributed by atoms with Gasteiger partial charge in [-0.25, -0.2) is 8.42 Å². The Bertz CT molecular complexity index is 303. The molecule has 0 aromatic heterocycles. The van der Waals surface area contributed by atoms with Gasteiger partial charge in [0.15, 0.2) is 0 Å². The van der Waals surface area contributed by atoms with Gasteiger partial charge in [-0.15, -0.1) is 0 Å². The van der Waals surface area contributed by atoms with Gasteiger partial charge >= 0.3 is 0 Å². The van der Waals surface area contributed by atoms with Crippen molar-refractivity contribution in [2.75, 3.05) is 45.5 Å². The fraction of sp³-hybridized carbons (Fsp3) is 1.00. The van der Waals surface area contributed by atoms with Crippen molar-refractivity contribution < 1.29 is 8.42 Å². The Balaban J connectivity index is 1.83. The van der Waals surface area contributed by atoms with Gasteiger partial charge in [0, 0.05) is 32.2 Å². The predicted octanol–water partition coefficient (Wildman–Crippen LogP) is -1.07. The normalized spacial score (nSPS) is 27.3. The van der Waals surface area contributed by atoms with E-state index in [4.69, 9.17) is 0 Å². The summed E-state index contributed by atoms with van der Waals surface area (Å²) in [5.41, 5.74) is 0. The van der Waals surface area contributed by atoms with Crippen LogP contribution in [-0.4, -0.2) is 69.2 Å². The number of sulfonamides is 1. The molecule has 2 rings (SSSR count). The molecule has 15 heavy (non-hydrogen) atoms. The lowest BCUT2D eigenvalue weighted by Gasteiger charge is -2.43. The van der Waals surface area contributed by atoms with Crippen LogP contribution >= 0.6 is 0 Å². The minimum absolute atomic E-state index is 0.444. The molecule has 1 N–H and O–H groups in total. The molecular formula is C9H19N3O2S. The highest BCUT2D eigenvalue weighted by atomic mass is 32.2. The molecule has 2 aliphatic heterocycles. The van der Waals surface area contributed by atoms with E-state index in [2.05, 4.69) is 10.2 Å². The van der Waals surface area contributed by atoms with E-state index in [1.807, 2.05) is 0 Å². The summed E-state index contributed by atoms with van der Waals surface area (Å²) < 4.78 is 24.0. The van der Waals surface area contributed by atoms with Crippen LogP contribution in [-0.2, 0) is 10.0 Å². The Morgan fingerprint density at radius 2 is 1.93 bits per heavy atom. The lowest BCUT2D eigenvalue weighted by Crippen LogP contribution is -2.61. The van der Waals surface area contributed by atoms with Crippen molar-refractivity contribution in [1.29, 1.82) is 0 Å². The first kappa shape index (κ1) is 11.3. The van der Waals surface area contributed by atoms with Gasteiger partial charge in [-0.2, -0.15) is 4.31 Å². The van der Waals surface area contributed by atoms with Crippen LogP contribution in [0.25, 0.3) is 0 Å². The average molecular weight is 233 g/mol. The molecule has 0 aliphatic carbocycles. The van der Waals surface area contributed by atoms with Gasteiger partial charge in [-0.3, -0.25) is 4.90 Å². The van der Waals surface area contributed by atoms with Crippen LogP contribution < -0.4 is 5.32 Å². The third kappa shape index (κ3) is 2.69. The van der Waals surface area contributed by atoms with Crippen LogP contribution in [0.15, 0.2) is 0 Å². The van der Waals surface area contributed by atoms with Crippen LogP contribution in [0.2, 0.25) is 0 Å². The predicted molar refractivity (Wildman–Crippen MR) is 59.3 cm³/mol. The van der Waals surface area contributed by atoms with Crippen molar-refractivity contribution >= 4 is 10.0 Å². The van der Waals surface area contributed by atoms with Crippen LogP contribution in [0.4, 0.5) is 0 Å². The highest BCUT2D eigenvalue weighted by molar-refractivity contribution is 7.88. The van der Waals surface area contributed by atoms with E-state index in [9.17, 15) is 8.42 Å². The Morgan fingerprint density at radius 3 is 2.60 bits per heavy atom. The molecule has 0 spiro atoms. The molecule has 0 atom stereocenters. The van der Waals surface area contributed by atoms with Gasteiger partial charge in [0.2, 0.25) is 10.0 Å². The molecule has 88 valence electrons. The fourth-order valence-electron chi connectivity index (χ4n) is 2.15. The zero-order chi connectivity index (χ0) is 10.9. The van der Waals surface area contributed by atoms with Crippen molar-refractivity contribution in [2.24, 2.45) is 0 Å². The van der Waals surface area contributed by atoms with E-state index >= 15 is 0 Å². The lowest BCUT2D eigenvalue weighted by molar-refractivity contribution is 0.0943. The van der Waals surface area contributed by atoms with Crippen molar-refractivity contribution in [1.82, 2.24) is 14.5 Å². The van der Waals surface area contributed by atoms with Crippen molar-refractivity contribution in [3.8, 4) is 0 Å². The minimum Gasteiger partial charge on any atom is -0.315 e. The van der Waals surface area contributed by atoms with Crippen LogP contribution in [0, 0.1) is 0 Å². The molecule has 6 heteroatoms. The Kier molecular flexibility index (Phi) is 3.30. The standard InChI is InChI=1S/C9H19N3O2S/c1-15(13,14)12-7-9(8-12)11-5-2-3-10-4-6-11/h9-10H,2-8H2,1H3. The molecule has 2 fully saturated rings. The zero-order valence-electron chi connectivity index (χ0n) is 9.15. The van der Waals surface area contributed by atoms with E-state index in [-0.39, 0.29) is 0 Å². The molecule has 0 bridgehead atoms. The van der Waals surface area contributed by atoms with E-state index < -0.39 is 10.0 Å². The average Bonchev–Trinajstić information content (AvgIpc) is 2.27. The topological polar surface area (TPSA) is 52.7 Å². The van der Waals surface area contributed by atoms with Gasteiger partial charge in [0.25, 0.3) is 0 Å². The maximum atomic E-state index is 11.2. The second-order valence-electron chi connectivity index (χ2n) is 4.37. The van der Waals surface area contributed by atoms with Crippen LogP contribution in [0.3, 0.4) is 0 Å². The monoisotopic (exact) mass is 233 g/mol. The molecule has 0 radical (unpaired) electrons. The third-order valence-corrected chi connectivity index (χ3v) is 4.43. The summed E-state index contributed by atoms with van der Waals surface area (Å²) in [5, 5.41) is 3.35. The van der Waals surface area contributed by atoms with E-state index in [1.54, 1.807) is 4.31 Å². The molecule has 2 heterocycles. The summed E-state index contributed by atoms with van der Waals surface area (Å²) in [7, 11) is -2.96. The number of rotatable bonds is 2. The number of hydrogen-bond donors (Lipinski definition) is 1. The van der Waals surface area contributed by atoms with Gasteiger partial charge in [0.05, 0.1) is 6.26 Å². The van der Waals surface area contributed by atoms with Crippen LogP contribution in [0.1, 0.15) is 6.42 Å². The summed E-state index contributed by atoms with van der Waals surface area (Å²) in [5.74, 6) is 0. The quantitative estimate of drug-likeness (QED) is 0.659. The second kappa shape index (κ2) is 4.37. The zero-order valence-corrected chi connectivity index (χ0v) is 9.96. The van der Waals surface area contributed by atoms with Gasteiger partial charge in [-0.1, -0.05) is 0 Å². The maximum absolute atomic E-state index is 11.2. The molecular weight excluding hydrogens is 214 g/mol. The van der Waals surface area contributed by atoms with Crippen LogP contribution in [0.5, 0.6) is 0 Å². The van der Waals surface area contributed by atoms with Gasteiger partial charge in [0.1, 0.15) is 0 Å². The molecule has 0 unspecified atom stereocenters. The van der Waals surface area contributed by atoms with Gasteiger partial charge in [-0.05, 0) is 19.5 Å². The SMILES string of the molecule is CS(=O)(=O)N1CC(N2CCCNCC2)C1. The Hall–Kier alpha value is -0.170. The third-order valence-electron chi connectivity index (χ3n) is 3.19. The molecule has 0 amide bonds. The smallest absolute Gasteiger partial charge is 0.211 e. The van der Waals surface area contributed by atoms with Gasteiger partial charge < -0.3 is 5.32 Å². The lowest BCUT2D eigenvalue weighted by atomic mass is 10.1. The van der Waals surface area contributed by atoms with E-state index in [0.29, 0.717) is 19.1 Å². The number of hydrogen-bond acceptors (Lipinski definition) is 4. The molecule has 0 aromatic carbocycles. The summed E-state index contributed by atoms with van der Waals surface area (Å²) in [6.07, 6.45) is 2.45. The summed E-state index contributed by atoms with van der Waals surface area (Å²) in [6.45, 7) is 5.60. The second-order valence-corrected chi connectivity index (χ2v) is 6.36. The fourth-order valence-corrected chi connectivity index (χ4v) is 3.04. The minimum atomic E-state index is -2.96. The first-order chi connectivity index (χ1) is 7.07.